The van der Waals surface area contributed by atoms with Gasteiger partial charge in [-0.2, -0.15) is 4.98 Å². The lowest BCUT2D eigenvalue weighted by atomic mass is 10.2. The van der Waals surface area contributed by atoms with Crippen molar-refractivity contribution in [3.63, 3.8) is 0 Å². The largest absolute Gasteiger partial charge is 0.495 e. The van der Waals surface area contributed by atoms with Crippen LogP contribution in [0, 0.1) is 0 Å². The lowest BCUT2D eigenvalue weighted by Gasteiger charge is -2.18. The monoisotopic (exact) mass is 327 g/mol. The summed E-state index contributed by atoms with van der Waals surface area (Å²) in [7, 11) is 4.73. The molecular weight excluding hydrogens is 310 g/mol. The molecule has 1 aliphatic rings. The highest BCUT2D eigenvalue weighted by atomic mass is 16.5. The second kappa shape index (κ2) is 4.98. The van der Waals surface area contributed by atoms with Gasteiger partial charge >= 0.3 is 5.69 Å². The predicted molar refractivity (Wildman–Crippen MR) is 90.2 cm³/mol. The normalized spacial score (nSPS) is 13.5. The number of ether oxygens (including phenoxy) is 1. The van der Waals surface area contributed by atoms with E-state index in [9.17, 15) is 9.59 Å². The first-order valence-corrected chi connectivity index (χ1v) is 7.61. The number of aryl methyl sites for hydroxylation is 1. The number of para-hydroxylation sites is 2. The van der Waals surface area contributed by atoms with E-state index < -0.39 is 0 Å². The molecule has 0 unspecified atom stereocenters. The molecule has 2 aromatic heterocycles. The maximum absolute atomic E-state index is 12.5. The molecule has 0 saturated carbocycles. The quantitative estimate of drug-likeness (QED) is 0.689. The van der Waals surface area contributed by atoms with E-state index in [-0.39, 0.29) is 11.2 Å². The maximum atomic E-state index is 12.5. The summed E-state index contributed by atoms with van der Waals surface area (Å²) >= 11 is 0. The van der Waals surface area contributed by atoms with Gasteiger partial charge < -0.3 is 14.2 Å². The Morgan fingerprint density at radius 3 is 2.58 bits per heavy atom. The summed E-state index contributed by atoms with van der Waals surface area (Å²) in [6, 6.07) is 7.67. The van der Waals surface area contributed by atoms with Gasteiger partial charge in [-0.3, -0.25) is 13.9 Å². The van der Waals surface area contributed by atoms with Crippen molar-refractivity contribution in [2.45, 2.75) is 6.54 Å². The van der Waals surface area contributed by atoms with Crippen molar-refractivity contribution in [3.05, 3.63) is 45.1 Å². The Morgan fingerprint density at radius 1 is 1.08 bits per heavy atom. The average Bonchev–Trinajstić information content (AvgIpc) is 3.17. The number of aromatic nitrogens is 4. The highest BCUT2D eigenvalue weighted by molar-refractivity contribution is 5.78. The van der Waals surface area contributed by atoms with E-state index in [0.29, 0.717) is 30.2 Å². The first-order valence-electron chi connectivity index (χ1n) is 7.61. The molecule has 0 N–H and O–H groups in total. The zero-order valence-corrected chi connectivity index (χ0v) is 13.7. The summed E-state index contributed by atoms with van der Waals surface area (Å²) in [5.74, 6) is 1.38. The van der Waals surface area contributed by atoms with Gasteiger partial charge in [0.15, 0.2) is 11.2 Å². The van der Waals surface area contributed by atoms with Crippen molar-refractivity contribution >= 4 is 22.8 Å². The minimum Gasteiger partial charge on any atom is -0.495 e. The first-order chi connectivity index (χ1) is 11.5. The number of nitrogens with zero attached hydrogens (tertiary/aromatic N) is 5. The van der Waals surface area contributed by atoms with Gasteiger partial charge in [0.1, 0.15) is 5.75 Å². The molecule has 1 aromatic carbocycles. The average molecular weight is 327 g/mol. The van der Waals surface area contributed by atoms with E-state index in [1.54, 1.807) is 14.2 Å². The van der Waals surface area contributed by atoms with Crippen molar-refractivity contribution in [1.82, 2.24) is 18.7 Å². The fraction of sp³-hybridized carbons (Fsp3) is 0.312. The summed E-state index contributed by atoms with van der Waals surface area (Å²) < 4.78 is 9.82. The van der Waals surface area contributed by atoms with Crippen LogP contribution in [0.2, 0.25) is 0 Å². The van der Waals surface area contributed by atoms with E-state index in [1.807, 2.05) is 33.7 Å². The SMILES string of the molecule is COc1ccccc1N1CCn2c1nc1c2c(=O)n(C)c(=O)n1C. The predicted octanol–water partition coefficient (Wildman–Crippen LogP) is 0.594. The Balaban J connectivity index is 2.00. The van der Waals surface area contributed by atoms with E-state index in [2.05, 4.69) is 4.98 Å². The Labute approximate surface area is 137 Å². The van der Waals surface area contributed by atoms with Crippen LogP contribution in [-0.4, -0.2) is 32.3 Å². The number of hydrogen-bond donors (Lipinski definition) is 0. The number of anilines is 2. The molecule has 0 saturated heterocycles. The summed E-state index contributed by atoms with van der Waals surface area (Å²) in [6.45, 7) is 1.31. The highest BCUT2D eigenvalue weighted by Crippen LogP contribution is 2.36. The maximum Gasteiger partial charge on any atom is 0.332 e. The van der Waals surface area contributed by atoms with Gasteiger partial charge in [0, 0.05) is 27.2 Å². The number of rotatable bonds is 2. The molecule has 0 amide bonds. The molecule has 0 spiro atoms. The molecule has 4 rings (SSSR count). The van der Waals surface area contributed by atoms with Crippen LogP contribution in [0.5, 0.6) is 5.75 Å². The van der Waals surface area contributed by atoms with Gasteiger partial charge in [-0.05, 0) is 12.1 Å². The molecule has 24 heavy (non-hydrogen) atoms. The van der Waals surface area contributed by atoms with Crippen molar-refractivity contribution in [2.24, 2.45) is 14.1 Å². The Kier molecular flexibility index (Phi) is 3.02. The lowest BCUT2D eigenvalue weighted by Crippen LogP contribution is -2.37. The van der Waals surface area contributed by atoms with Crippen molar-refractivity contribution in [1.29, 1.82) is 0 Å². The molecule has 8 nitrogen and oxygen atoms in total. The molecular formula is C16H17N5O3. The van der Waals surface area contributed by atoms with Crippen LogP contribution in [-0.2, 0) is 20.6 Å². The molecule has 8 heteroatoms. The van der Waals surface area contributed by atoms with Crippen LogP contribution in [0.25, 0.3) is 11.2 Å². The summed E-state index contributed by atoms with van der Waals surface area (Å²) in [6.07, 6.45) is 0. The van der Waals surface area contributed by atoms with Gasteiger partial charge in [-0.1, -0.05) is 12.1 Å². The Hall–Kier alpha value is -3.03. The molecule has 0 radical (unpaired) electrons. The molecule has 0 fully saturated rings. The molecule has 0 aliphatic carbocycles. The molecule has 0 atom stereocenters. The van der Waals surface area contributed by atoms with Crippen LogP contribution >= 0.6 is 0 Å². The highest BCUT2D eigenvalue weighted by Gasteiger charge is 2.29. The number of benzene rings is 1. The Morgan fingerprint density at radius 2 is 1.83 bits per heavy atom. The van der Waals surface area contributed by atoms with E-state index in [4.69, 9.17) is 4.74 Å². The van der Waals surface area contributed by atoms with E-state index in [0.717, 1.165) is 16.0 Å². The van der Waals surface area contributed by atoms with Crippen LogP contribution in [0.3, 0.4) is 0 Å². The zero-order chi connectivity index (χ0) is 17.0. The number of methoxy groups -OCH3 is 1. The van der Waals surface area contributed by atoms with E-state index >= 15 is 0 Å². The van der Waals surface area contributed by atoms with Crippen LogP contribution < -0.4 is 20.9 Å². The standard InChI is InChI=1S/C16H17N5O3/c1-18-13-12(14(22)19(2)16(18)23)21-9-8-20(15(21)17-13)10-6-4-5-7-11(10)24-3/h4-7H,8-9H2,1-3H3. The number of hydrogen-bond acceptors (Lipinski definition) is 5. The number of fused-ring (bicyclic) bond motifs is 3. The molecule has 1 aliphatic heterocycles. The molecule has 3 aromatic rings. The fourth-order valence-electron chi connectivity index (χ4n) is 3.23. The van der Waals surface area contributed by atoms with Crippen molar-refractivity contribution in [2.75, 3.05) is 18.6 Å². The van der Waals surface area contributed by atoms with Crippen LogP contribution in [0.4, 0.5) is 11.6 Å². The van der Waals surface area contributed by atoms with Gasteiger partial charge in [-0.25, -0.2) is 4.79 Å². The molecule has 0 bridgehead atoms. The van der Waals surface area contributed by atoms with E-state index in [1.165, 1.54) is 11.6 Å². The molecule has 3 heterocycles. The minimum atomic E-state index is -0.381. The third-order valence-electron chi connectivity index (χ3n) is 4.49. The summed E-state index contributed by atoms with van der Waals surface area (Å²) in [4.78, 5) is 31.2. The molecule has 124 valence electrons. The van der Waals surface area contributed by atoms with Gasteiger partial charge in [0.25, 0.3) is 5.56 Å². The van der Waals surface area contributed by atoms with Gasteiger partial charge in [0.05, 0.1) is 12.8 Å². The van der Waals surface area contributed by atoms with Crippen LogP contribution in [0.1, 0.15) is 0 Å². The topological polar surface area (TPSA) is 74.3 Å². The van der Waals surface area contributed by atoms with Crippen LogP contribution in [0.15, 0.2) is 33.9 Å². The number of imidazole rings is 1. The second-order valence-electron chi connectivity index (χ2n) is 5.76. The summed E-state index contributed by atoms with van der Waals surface area (Å²) in [5.41, 5.74) is 1.03. The fourth-order valence-corrected chi connectivity index (χ4v) is 3.23. The lowest BCUT2D eigenvalue weighted by molar-refractivity contribution is 0.415. The van der Waals surface area contributed by atoms with Gasteiger partial charge in [0.2, 0.25) is 5.95 Å². The van der Waals surface area contributed by atoms with Crippen molar-refractivity contribution in [3.8, 4) is 5.75 Å². The Bertz CT molecular complexity index is 1080. The summed E-state index contributed by atoms with van der Waals surface area (Å²) in [5, 5.41) is 0. The van der Waals surface area contributed by atoms with Gasteiger partial charge in [-0.15, -0.1) is 0 Å². The first kappa shape index (κ1) is 14.6. The second-order valence-corrected chi connectivity index (χ2v) is 5.76. The van der Waals surface area contributed by atoms with Crippen molar-refractivity contribution < 1.29 is 4.74 Å². The zero-order valence-electron chi connectivity index (χ0n) is 13.7. The smallest absolute Gasteiger partial charge is 0.332 e. The minimum absolute atomic E-state index is 0.325. The third kappa shape index (κ3) is 1.76. The third-order valence-corrected chi connectivity index (χ3v) is 4.49.